The van der Waals surface area contributed by atoms with Gasteiger partial charge in [-0.2, -0.15) is 0 Å². The summed E-state index contributed by atoms with van der Waals surface area (Å²) in [5, 5.41) is 0. The molecule has 0 fully saturated rings. The van der Waals surface area contributed by atoms with Crippen molar-refractivity contribution in [2.45, 2.75) is 32.7 Å². The average molecular weight is 334 g/mol. The lowest BCUT2D eigenvalue weighted by Crippen LogP contribution is -2.30. The molecule has 20 heavy (non-hydrogen) atoms. The lowest BCUT2D eigenvalue weighted by molar-refractivity contribution is 0.543. The summed E-state index contributed by atoms with van der Waals surface area (Å²) in [6, 6.07) is 10.5. The molecule has 0 aliphatic heterocycles. The van der Waals surface area contributed by atoms with Crippen molar-refractivity contribution in [3.8, 4) is 0 Å². The third kappa shape index (κ3) is 3.66. The average Bonchev–Trinajstić information content (AvgIpc) is 2.48. The fourth-order valence-electron chi connectivity index (χ4n) is 2.18. The maximum Gasteiger partial charge on any atom is 0.0526 e. The van der Waals surface area contributed by atoms with Crippen molar-refractivity contribution in [3.63, 3.8) is 0 Å². The topological polar surface area (TPSA) is 50.9 Å². The maximum atomic E-state index is 5.73. The minimum absolute atomic E-state index is 0.0456. The van der Waals surface area contributed by atoms with Crippen molar-refractivity contribution in [1.29, 1.82) is 0 Å². The molecule has 0 saturated carbocycles. The van der Waals surface area contributed by atoms with Crippen LogP contribution in [0.4, 0.5) is 0 Å². The predicted molar refractivity (Wildman–Crippen MR) is 86.3 cm³/mol. The van der Waals surface area contributed by atoms with Crippen LogP contribution in [0.25, 0.3) is 0 Å². The first-order valence-corrected chi connectivity index (χ1v) is 7.59. The number of benzene rings is 1. The maximum absolute atomic E-state index is 5.73. The highest BCUT2D eigenvalue weighted by atomic mass is 79.9. The Kier molecular flexibility index (Phi) is 5.29. The molecule has 0 aliphatic carbocycles. The molecule has 3 N–H and O–H groups in total. The molecule has 0 saturated heterocycles. The second kappa shape index (κ2) is 6.97. The minimum Gasteiger partial charge on any atom is -0.271 e. The van der Waals surface area contributed by atoms with Crippen LogP contribution in [0.1, 0.15) is 35.3 Å². The van der Waals surface area contributed by atoms with Gasteiger partial charge in [0.25, 0.3) is 0 Å². The summed E-state index contributed by atoms with van der Waals surface area (Å²) in [6.45, 7) is 4.21. The number of hydrogen-bond acceptors (Lipinski definition) is 3. The number of halogens is 1. The van der Waals surface area contributed by atoms with Crippen molar-refractivity contribution >= 4 is 15.9 Å². The van der Waals surface area contributed by atoms with Crippen LogP contribution in [0.5, 0.6) is 0 Å². The number of hydrazine groups is 1. The zero-order valence-corrected chi connectivity index (χ0v) is 13.4. The molecule has 0 radical (unpaired) electrons. The van der Waals surface area contributed by atoms with Gasteiger partial charge in [0.15, 0.2) is 0 Å². The molecule has 1 aromatic carbocycles. The van der Waals surface area contributed by atoms with Crippen LogP contribution < -0.4 is 11.3 Å². The summed E-state index contributed by atoms with van der Waals surface area (Å²) in [6.07, 6.45) is 3.71. The zero-order chi connectivity index (χ0) is 14.5. The van der Waals surface area contributed by atoms with E-state index in [2.05, 4.69) is 70.5 Å². The second-order valence-corrected chi connectivity index (χ2v) is 5.81. The van der Waals surface area contributed by atoms with Crippen LogP contribution in [0.15, 0.2) is 41.0 Å². The summed E-state index contributed by atoms with van der Waals surface area (Å²) in [5.74, 6) is 5.73. The van der Waals surface area contributed by atoms with Gasteiger partial charge < -0.3 is 0 Å². The van der Waals surface area contributed by atoms with E-state index in [0.717, 1.165) is 28.6 Å². The van der Waals surface area contributed by atoms with Crippen molar-refractivity contribution in [1.82, 2.24) is 10.4 Å². The number of aryl methyl sites for hydroxylation is 2. The highest BCUT2D eigenvalue weighted by Crippen LogP contribution is 2.26. The van der Waals surface area contributed by atoms with Gasteiger partial charge in [-0.3, -0.25) is 16.3 Å². The zero-order valence-electron chi connectivity index (χ0n) is 11.9. The van der Waals surface area contributed by atoms with Gasteiger partial charge in [-0.05, 0) is 36.6 Å². The van der Waals surface area contributed by atoms with Gasteiger partial charge in [0.2, 0.25) is 0 Å². The molecule has 1 aromatic heterocycles. The fraction of sp³-hybridized carbons (Fsp3) is 0.312. The molecule has 3 nitrogen and oxygen atoms in total. The summed E-state index contributed by atoms with van der Waals surface area (Å²) in [5.41, 5.74) is 7.57. The van der Waals surface area contributed by atoms with Crippen molar-refractivity contribution in [3.05, 3.63) is 63.4 Å². The number of nitrogens with one attached hydrogen (secondary N) is 1. The fourth-order valence-corrected chi connectivity index (χ4v) is 2.71. The van der Waals surface area contributed by atoms with Crippen molar-refractivity contribution in [2.75, 3.05) is 0 Å². The molecule has 2 rings (SSSR count). The van der Waals surface area contributed by atoms with E-state index in [4.69, 9.17) is 5.84 Å². The Morgan fingerprint density at radius 2 is 2.10 bits per heavy atom. The van der Waals surface area contributed by atoms with E-state index in [0.29, 0.717) is 0 Å². The highest BCUT2D eigenvalue weighted by molar-refractivity contribution is 9.10. The summed E-state index contributed by atoms with van der Waals surface area (Å²) in [7, 11) is 0. The Hall–Kier alpha value is -1.23. The van der Waals surface area contributed by atoms with Gasteiger partial charge in [-0.25, -0.2) is 0 Å². The van der Waals surface area contributed by atoms with E-state index in [1.165, 1.54) is 11.1 Å². The Bertz CT molecular complexity index is 566. The molecule has 4 heteroatoms. The largest absolute Gasteiger partial charge is 0.271 e. The molecule has 0 spiro atoms. The van der Waals surface area contributed by atoms with Crippen LogP contribution in [0.3, 0.4) is 0 Å². The van der Waals surface area contributed by atoms with Crippen LogP contribution in [-0.4, -0.2) is 4.98 Å². The minimum atomic E-state index is 0.0456. The number of aromatic nitrogens is 1. The number of pyridine rings is 1. The van der Waals surface area contributed by atoms with E-state index in [1.807, 2.05) is 6.20 Å². The number of nitrogens with zero attached hydrogens (tertiary/aromatic N) is 1. The normalized spacial score (nSPS) is 12.4. The lowest BCUT2D eigenvalue weighted by Gasteiger charge is -2.18. The summed E-state index contributed by atoms with van der Waals surface area (Å²) in [4.78, 5) is 4.50. The van der Waals surface area contributed by atoms with Gasteiger partial charge in [0.1, 0.15) is 0 Å². The molecule has 0 amide bonds. The first-order chi connectivity index (χ1) is 9.63. The van der Waals surface area contributed by atoms with Crippen LogP contribution in [-0.2, 0) is 12.8 Å². The smallest absolute Gasteiger partial charge is 0.0526 e. The van der Waals surface area contributed by atoms with Crippen molar-refractivity contribution in [2.24, 2.45) is 5.84 Å². The standard InChI is InChI=1S/C16H20BrN3/c1-3-12-5-6-13(19-10-12)9-16(20-18)14-8-11(2)4-7-15(14)17/h4-8,10,16,20H,3,9,18H2,1-2H3. The number of hydrogen-bond donors (Lipinski definition) is 2. The Balaban J connectivity index is 2.21. The molecule has 2 aromatic rings. The predicted octanol–water partition coefficient (Wildman–Crippen LogP) is 3.46. The second-order valence-electron chi connectivity index (χ2n) is 4.96. The Morgan fingerprint density at radius 3 is 2.70 bits per heavy atom. The molecular weight excluding hydrogens is 314 g/mol. The number of nitrogens with two attached hydrogens (primary N) is 1. The quantitative estimate of drug-likeness (QED) is 0.650. The van der Waals surface area contributed by atoms with Crippen molar-refractivity contribution < 1.29 is 0 Å². The molecule has 0 bridgehead atoms. The van der Waals surface area contributed by atoms with E-state index in [9.17, 15) is 0 Å². The van der Waals surface area contributed by atoms with Gasteiger partial charge in [0.05, 0.1) is 6.04 Å². The number of rotatable bonds is 5. The first kappa shape index (κ1) is 15.2. The van der Waals surface area contributed by atoms with Crippen LogP contribution in [0, 0.1) is 6.92 Å². The molecule has 1 unspecified atom stereocenters. The van der Waals surface area contributed by atoms with E-state index in [-0.39, 0.29) is 6.04 Å². The third-order valence-electron chi connectivity index (χ3n) is 3.44. The van der Waals surface area contributed by atoms with Gasteiger partial charge >= 0.3 is 0 Å². The van der Waals surface area contributed by atoms with E-state index in [1.54, 1.807) is 0 Å². The molecule has 106 valence electrons. The first-order valence-electron chi connectivity index (χ1n) is 6.80. The Morgan fingerprint density at radius 1 is 1.30 bits per heavy atom. The SMILES string of the molecule is CCc1ccc(CC(NN)c2cc(C)ccc2Br)nc1. The van der Waals surface area contributed by atoms with Crippen LogP contribution >= 0.6 is 15.9 Å². The molecule has 1 heterocycles. The van der Waals surface area contributed by atoms with Crippen LogP contribution in [0.2, 0.25) is 0 Å². The van der Waals surface area contributed by atoms with E-state index < -0.39 is 0 Å². The third-order valence-corrected chi connectivity index (χ3v) is 4.16. The summed E-state index contributed by atoms with van der Waals surface area (Å²) >= 11 is 3.59. The highest BCUT2D eigenvalue weighted by Gasteiger charge is 2.14. The summed E-state index contributed by atoms with van der Waals surface area (Å²) < 4.78 is 1.07. The van der Waals surface area contributed by atoms with Gasteiger partial charge in [0, 0.05) is 22.8 Å². The monoisotopic (exact) mass is 333 g/mol. The molecule has 0 aliphatic rings. The van der Waals surface area contributed by atoms with E-state index >= 15 is 0 Å². The molecular formula is C16H20BrN3. The van der Waals surface area contributed by atoms with Gasteiger partial charge in [-0.15, -0.1) is 0 Å². The Labute approximate surface area is 128 Å². The van der Waals surface area contributed by atoms with Gasteiger partial charge in [-0.1, -0.05) is 46.6 Å². The lowest BCUT2D eigenvalue weighted by atomic mass is 10.00. The molecule has 1 atom stereocenters.